The normalized spacial score (nSPS) is 10.4. The maximum absolute atomic E-state index is 11.7. The Bertz CT molecular complexity index is 460. The molecule has 3 nitrogen and oxygen atoms in total. The van der Waals surface area contributed by atoms with E-state index >= 15 is 0 Å². The molecule has 0 unspecified atom stereocenters. The van der Waals surface area contributed by atoms with Crippen LogP contribution in [0, 0.1) is 20.8 Å². The predicted octanol–water partition coefficient (Wildman–Crippen LogP) is 3.47. The van der Waals surface area contributed by atoms with Crippen LogP contribution in [0.25, 0.3) is 0 Å². The lowest BCUT2D eigenvalue weighted by atomic mass is 10.1. The number of amides is 1. The van der Waals surface area contributed by atoms with Crippen LogP contribution in [0.5, 0.6) is 5.75 Å². The van der Waals surface area contributed by atoms with E-state index in [9.17, 15) is 4.79 Å². The molecule has 1 aromatic carbocycles. The first kappa shape index (κ1) is 16.8. The van der Waals surface area contributed by atoms with Crippen molar-refractivity contribution in [3.63, 3.8) is 0 Å². The highest BCUT2D eigenvalue weighted by Gasteiger charge is 2.09. The summed E-state index contributed by atoms with van der Waals surface area (Å²) < 4.78 is 5.80. The molecule has 0 radical (unpaired) electrons. The van der Waals surface area contributed by atoms with Crippen LogP contribution in [-0.4, -0.2) is 36.9 Å². The standard InChI is InChI=1S/C16H24ClNO2/c1-12-10-13(2)14(3)15(11-12)20-9-8-18(4)16(19)6-5-7-17/h10-11H,5-9H2,1-4H3. The zero-order chi connectivity index (χ0) is 15.1. The summed E-state index contributed by atoms with van der Waals surface area (Å²) in [5.74, 6) is 1.55. The summed E-state index contributed by atoms with van der Waals surface area (Å²) in [6, 6.07) is 4.18. The van der Waals surface area contributed by atoms with Crippen LogP contribution in [-0.2, 0) is 4.79 Å². The van der Waals surface area contributed by atoms with Gasteiger partial charge in [0.2, 0.25) is 5.91 Å². The van der Waals surface area contributed by atoms with Gasteiger partial charge in [0.05, 0.1) is 6.54 Å². The van der Waals surface area contributed by atoms with Gasteiger partial charge < -0.3 is 9.64 Å². The van der Waals surface area contributed by atoms with Crippen LogP contribution in [0.1, 0.15) is 29.5 Å². The number of hydrogen-bond acceptors (Lipinski definition) is 2. The average molecular weight is 298 g/mol. The molecule has 1 rings (SSSR count). The Hall–Kier alpha value is -1.22. The zero-order valence-electron chi connectivity index (χ0n) is 12.8. The molecule has 0 N–H and O–H groups in total. The van der Waals surface area contributed by atoms with Crippen LogP contribution in [0.3, 0.4) is 0 Å². The van der Waals surface area contributed by atoms with Crippen LogP contribution in [0.2, 0.25) is 0 Å². The Morgan fingerprint density at radius 1 is 1.30 bits per heavy atom. The number of carbonyl (C=O) groups is 1. The third kappa shape index (κ3) is 5.04. The lowest BCUT2D eigenvalue weighted by Gasteiger charge is -2.18. The van der Waals surface area contributed by atoms with Gasteiger partial charge in [-0.1, -0.05) is 6.07 Å². The second kappa shape index (κ2) is 8.15. The van der Waals surface area contributed by atoms with E-state index in [0.29, 0.717) is 25.5 Å². The van der Waals surface area contributed by atoms with Gasteiger partial charge in [0, 0.05) is 19.3 Å². The van der Waals surface area contributed by atoms with Crippen molar-refractivity contribution < 1.29 is 9.53 Å². The number of nitrogens with zero attached hydrogens (tertiary/aromatic N) is 1. The maximum Gasteiger partial charge on any atom is 0.222 e. The van der Waals surface area contributed by atoms with Crippen molar-refractivity contribution in [2.75, 3.05) is 26.1 Å². The predicted molar refractivity (Wildman–Crippen MR) is 83.7 cm³/mol. The maximum atomic E-state index is 11.7. The number of halogens is 1. The van der Waals surface area contributed by atoms with E-state index < -0.39 is 0 Å². The van der Waals surface area contributed by atoms with Crippen molar-refractivity contribution in [2.45, 2.75) is 33.6 Å². The molecular weight excluding hydrogens is 274 g/mol. The first-order valence-electron chi connectivity index (χ1n) is 6.96. The Balaban J connectivity index is 2.46. The topological polar surface area (TPSA) is 29.5 Å². The molecule has 0 spiro atoms. The van der Waals surface area contributed by atoms with Crippen molar-refractivity contribution in [2.24, 2.45) is 0 Å². The van der Waals surface area contributed by atoms with E-state index in [-0.39, 0.29) is 5.91 Å². The summed E-state index contributed by atoms with van der Waals surface area (Å²) in [5.41, 5.74) is 3.58. The van der Waals surface area contributed by atoms with Crippen molar-refractivity contribution in [1.82, 2.24) is 4.90 Å². The molecule has 0 aliphatic rings. The molecule has 4 heteroatoms. The number of alkyl halides is 1. The van der Waals surface area contributed by atoms with Gasteiger partial charge >= 0.3 is 0 Å². The van der Waals surface area contributed by atoms with E-state index in [1.807, 2.05) is 6.07 Å². The first-order valence-corrected chi connectivity index (χ1v) is 7.49. The number of benzene rings is 1. The Kier molecular flexibility index (Phi) is 6.86. The zero-order valence-corrected chi connectivity index (χ0v) is 13.6. The molecule has 0 saturated carbocycles. The number of aryl methyl sites for hydroxylation is 2. The van der Waals surface area contributed by atoms with Crippen molar-refractivity contribution >= 4 is 17.5 Å². The molecule has 0 atom stereocenters. The van der Waals surface area contributed by atoms with Gasteiger partial charge in [-0.05, 0) is 49.9 Å². The van der Waals surface area contributed by atoms with Crippen LogP contribution in [0.4, 0.5) is 0 Å². The van der Waals surface area contributed by atoms with Gasteiger partial charge in [-0.2, -0.15) is 0 Å². The lowest BCUT2D eigenvalue weighted by Crippen LogP contribution is -2.30. The highest BCUT2D eigenvalue weighted by Crippen LogP contribution is 2.23. The highest BCUT2D eigenvalue weighted by atomic mass is 35.5. The summed E-state index contributed by atoms with van der Waals surface area (Å²) >= 11 is 5.59. The minimum Gasteiger partial charge on any atom is -0.491 e. The number of rotatable bonds is 7. The van der Waals surface area contributed by atoms with Gasteiger partial charge in [-0.25, -0.2) is 0 Å². The monoisotopic (exact) mass is 297 g/mol. The minimum atomic E-state index is 0.117. The molecule has 0 fully saturated rings. The molecule has 0 aliphatic heterocycles. The number of ether oxygens (including phenoxy) is 1. The third-order valence-electron chi connectivity index (χ3n) is 3.40. The molecule has 0 bridgehead atoms. The SMILES string of the molecule is Cc1cc(C)c(C)c(OCCN(C)C(=O)CCCCl)c1. The minimum absolute atomic E-state index is 0.117. The van der Waals surface area contributed by atoms with Gasteiger partial charge in [-0.15, -0.1) is 11.6 Å². The summed E-state index contributed by atoms with van der Waals surface area (Å²) in [6.07, 6.45) is 1.23. The summed E-state index contributed by atoms with van der Waals surface area (Å²) in [4.78, 5) is 13.4. The van der Waals surface area contributed by atoms with E-state index in [2.05, 4.69) is 26.8 Å². The van der Waals surface area contributed by atoms with Crippen molar-refractivity contribution in [1.29, 1.82) is 0 Å². The second-order valence-corrected chi connectivity index (χ2v) is 5.54. The molecule has 0 aliphatic carbocycles. The van der Waals surface area contributed by atoms with Gasteiger partial charge in [-0.3, -0.25) is 4.79 Å². The molecular formula is C16H24ClNO2. The fourth-order valence-corrected chi connectivity index (χ4v) is 2.11. The number of hydrogen-bond donors (Lipinski definition) is 0. The van der Waals surface area contributed by atoms with Gasteiger partial charge in [0.15, 0.2) is 0 Å². The largest absolute Gasteiger partial charge is 0.491 e. The van der Waals surface area contributed by atoms with E-state index in [1.165, 1.54) is 11.1 Å². The molecule has 0 aromatic heterocycles. The molecule has 112 valence electrons. The fourth-order valence-electron chi connectivity index (χ4n) is 1.98. The van der Waals surface area contributed by atoms with Gasteiger partial charge in [0.25, 0.3) is 0 Å². The third-order valence-corrected chi connectivity index (χ3v) is 3.67. The summed E-state index contributed by atoms with van der Waals surface area (Å²) in [6.45, 7) is 7.29. The van der Waals surface area contributed by atoms with Crippen LogP contribution < -0.4 is 4.74 Å². The van der Waals surface area contributed by atoms with Crippen molar-refractivity contribution in [3.8, 4) is 5.75 Å². The summed E-state index contributed by atoms with van der Waals surface area (Å²) in [7, 11) is 1.80. The molecule has 20 heavy (non-hydrogen) atoms. The van der Waals surface area contributed by atoms with Crippen molar-refractivity contribution in [3.05, 3.63) is 28.8 Å². The quantitative estimate of drug-likeness (QED) is 0.721. The van der Waals surface area contributed by atoms with E-state index in [0.717, 1.165) is 17.7 Å². The highest BCUT2D eigenvalue weighted by molar-refractivity contribution is 6.17. The van der Waals surface area contributed by atoms with E-state index in [1.54, 1.807) is 11.9 Å². The smallest absolute Gasteiger partial charge is 0.222 e. The molecule has 0 heterocycles. The lowest BCUT2D eigenvalue weighted by molar-refractivity contribution is -0.130. The molecule has 1 amide bonds. The Morgan fingerprint density at radius 3 is 2.65 bits per heavy atom. The summed E-state index contributed by atoms with van der Waals surface area (Å²) in [5, 5.41) is 0. The number of carbonyl (C=O) groups excluding carboxylic acids is 1. The van der Waals surface area contributed by atoms with Crippen LogP contribution in [0.15, 0.2) is 12.1 Å². The Labute approximate surface area is 126 Å². The van der Waals surface area contributed by atoms with E-state index in [4.69, 9.17) is 16.3 Å². The fraction of sp³-hybridized carbons (Fsp3) is 0.562. The first-order chi connectivity index (χ1) is 9.45. The number of likely N-dealkylation sites (N-methyl/N-ethyl adjacent to an activating group) is 1. The average Bonchev–Trinajstić information content (AvgIpc) is 2.41. The molecule has 1 aromatic rings. The van der Waals surface area contributed by atoms with Gasteiger partial charge in [0.1, 0.15) is 12.4 Å². The Morgan fingerprint density at radius 2 is 2.00 bits per heavy atom. The van der Waals surface area contributed by atoms with Crippen LogP contribution >= 0.6 is 11.6 Å². The molecule has 0 saturated heterocycles. The second-order valence-electron chi connectivity index (χ2n) is 5.16.